The molecule has 5 nitrogen and oxygen atoms in total. The van der Waals surface area contributed by atoms with Crippen LogP contribution in [0.3, 0.4) is 0 Å². The summed E-state index contributed by atoms with van der Waals surface area (Å²) in [4.78, 5) is 6.68. The third kappa shape index (κ3) is 4.56. The van der Waals surface area contributed by atoms with E-state index in [1.807, 2.05) is 12.1 Å². The Hall–Kier alpha value is -1.24. The minimum atomic E-state index is 0.307. The molecule has 0 aliphatic rings. The maximum atomic E-state index is 5.52. The highest BCUT2D eigenvalue weighted by atomic mass is 32.1. The van der Waals surface area contributed by atoms with Crippen molar-refractivity contribution in [2.45, 2.75) is 0 Å². The van der Waals surface area contributed by atoms with E-state index in [1.54, 1.807) is 20.4 Å². The average molecular weight is 269 g/mol. The summed E-state index contributed by atoms with van der Waals surface area (Å²) in [5.74, 6) is 0. The summed E-state index contributed by atoms with van der Waals surface area (Å²) < 4.78 is 10.2. The molecule has 0 saturated heterocycles. The van der Waals surface area contributed by atoms with E-state index in [1.165, 1.54) is 0 Å². The molecular formula is C12H19N3O2S. The quantitative estimate of drug-likeness (QED) is 0.705. The highest BCUT2D eigenvalue weighted by Crippen LogP contribution is 2.12. The van der Waals surface area contributed by atoms with E-state index in [4.69, 9.17) is 27.4 Å². The van der Waals surface area contributed by atoms with Gasteiger partial charge in [0.2, 0.25) is 0 Å². The van der Waals surface area contributed by atoms with Gasteiger partial charge in [-0.3, -0.25) is 4.98 Å². The molecule has 0 aromatic carbocycles. The molecule has 0 atom stereocenters. The Morgan fingerprint density at radius 1 is 1.28 bits per heavy atom. The maximum absolute atomic E-state index is 5.52. The minimum absolute atomic E-state index is 0.307. The first-order valence-electron chi connectivity index (χ1n) is 5.67. The summed E-state index contributed by atoms with van der Waals surface area (Å²) in [7, 11) is 3.37. The van der Waals surface area contributed by atoms with Crippen molar-refractivity contribution in [1.29, 1.82) is 0 Å². The molecule has 0 amide bonds. The Labute approximate surface area is 113 Å². The lowest BCUT2D eigenvalue weighted by Crippen LogP contribution is -2.30. The summed E-state index contributed by atoms with van der Waals surface area (Å²) in [5.41, 5.74) is 7.15. The number of anilines is 1. The third-order valence-electron chi connectivity index (χ3n) is 2.50. The number of methoxy groups -OCH3 is 2. The number of hydrogen-bond acceptors (Lipinski definition) is 5. The molecule has 0 aliphatic heterocycles. The lowest BCUT2D eigenvalue weighted by atomic mass is 10.3. The Bertz CT molecular complexity index is 362. The summed E-state index contributed by atoms with van der Waals surface area (Å²) in [6.45, 7) is 2.88. The smallest absolute Gasteiger partial charge is 0.122 e. The zero-order chi connectivity index (χ0) is 13.4. The van der Waals surface area contributed by atoms with Crippen LogP contribution in [0, 0.1) is 0 Å². The highest BCUT2D eigenvalue weighted by molar-refractivity contribution is 7.80. The van der Waals surface area contributed by atoms with Crippen LogP contribution in [0.15, 0.2) is 18.3 Å². The summed E-state index contributed by atoms with van der Waals surface area (Å²) in [6.07, 6.45) is 1.76. The predicted octanol–water partition coefficient (Wildman–Crippen LogP) is 0.815. The SMILES string of the molecule is COCCN(CCOC)c1ccc(C(N)=S)nc1. The fourth-order valence-electron chi connectivity index (χ4n) is 1.49. The number of ether oxygens (including phenoxy) is 2. The lowest BCUT2D eigenvalue weighted by molar-refractivity contribution is 0.190. The van der Waals surface area contributed by atoms with Gasteiger partial charge in [0, 0.05) is 27.3 Å². The Morgan fingerprint density at radius 2 is 1.89 bits per heavy atom. The standard InChI is InChI=1S/C12H19N3O2S/c1-16-7-5-15(6-8-17-2)10-3-4-11(12(13)18)14-9-10/h3-4,9H,5-8H2,1-2H3,(H2,13,18). The minimum Gasteiger partial charge on any atom is -0.388 e. The fraction of sp³-hybridized carbons (Fsp3) is 0.500. The van der Waals surface area contributed by atoms with E-state index in [-0.39, 0.29) is 0 Å². The van der Waals surface area contributed by atoms with Gasteiger partial charge in [0.15, 0.2) is 0 Å². The molecule has 6 heteroatoms. The van der Waals surface area contributed by atoms with Crippen molar-refractivity contribution in [3.8, 4) is 0 Å². The zero-order valence-electron chi connectivity index (χ0n) is 10.8. The Morgan fingerprint density at radius 3 is 2.28 bits per heavy atom. The average Bonchev–Trinajstić information content (AvgIpc) is 2.39. The molecule has 2 N–H and O–H groups in total. The number of rotatable bonds is 8. The predicted molar refractivity (Wildman–Crippen MR) is 76.1 cm³/mol. The van der Waals surface area contributed by atoms with Gasteiger partial charge in [-0.2, -0.15) is 0 Å². The topological polar surface area (TPSA) is 60.6 Å². The summed E-state index contributed by atoms with van der Waals surface area (Å²) in [6, 6.07) is 3.77. The van der Waals surface area contributed by atoms with Gasteiger partial charge in [-0.05, 0) is 12.1 Å². The van der Waals surface area contributed by atoms with Crippen molar-refractivity contribution < 1.29 is 9.47 Å². The van der Waals surface area contributed by atoms with Crippen LogP contribution in [-0.4, -0.2) is 50.5 Å². The van der Waals surface area contributed by atoms with Crippen molar-refractivity contribution in [2.75, 3.05) is 45.4 Å². The van der Waals surface area contributed by atoms with Crippen molar-refractivity contribution in [3.63, 3.8) is 0 Å². The lowest BCUT2D eigenvalue weighted by Gasteiger charge is -2.23. The molecule has 0 spiro atoms. The van der Waals surface area contributed by atoms with Gasteiger partial charge in [0.05, 0.1) is 30.8 Å². The first-order valence-corrected chi connectivity index (χ1v) is 6.08. The van der Waals surface area contributed by atoms with Gasteiger partial charge >= 0.3 is 0 Å². The van der Waals surface area contributed by atoms with Gasteiger partial charge < -0.3 is 20.1 Å². The van der Waals surface area contributed by atoms with Crippen LogP contribution >= 0.6 is 12.2 Å². The fourth-order valence-corrected chi connectivity index (χ4v) is 1.61. The Balaban J connectivity index is 2.73. The second-order valence-corrected chi connectivity index (χ2v) is 4.18. The number of thiocarbonyl (C=S) groups is 1. The molecule has 0 saturated carbocycles. The summed E-state index contributed by atoms with van der Waals surface area (Å²) >= 11 is 4.87. The highest BCUT2D eigenvalue weighted by Gasteiger charge is 2.07. The Kier molecular flexibility index (Phi) is 6.56. The number of nitrogens with zero attached hydrogens (tertiary/aromatic N) is 2. The molecule has 1 aromatic rings. The van der Waals surface area contributed by atoms with Crippen LogP contribution in [0.1, 0.15) is 5.69 Å². The molecule has 18 heavy (non-hydrogen) atoms. The van der Waals surface area contributed by atoms with E-state index >= 15 is 0 Å². The van der Waals surface area contributed by atoms with Gasteiger partial charge in [-0.25, -0.2) is 0 Å². The van der Waals surface area contributed by atoms with Crippen LogP contribution < -0.4 is 10.6 Å². The number of aromatic nitrogens is 1. The van der Waals surface area contributed by atoms with Crippen molar-refractivity contribution in [2.24, 2.45) is 5.73 Å². The molecular weight excluding hydrogens is 250 g/mol. The zero-order valence-corrected chi connectivity index (χ0v) is 11.6. The normalized spacial score (nSPS) is 10.3. The monoisotopic (exact) mass is 269 g/mol. The molecule has 0 radical (unpaired) electrons. The number of nitrogens with two attached hydrogens (primary N) is 1. The first kappa shape index (κ1) is 14.8. The molecule has 100 valence electrons. The second-order valence-electron chi connectivity index (χ2n) is 3.74. The van der Waals surface area contributed by atoms with Gasteiger partial charge in [0.25, 0.3) is 0 Å². The summed E-state index contributed by atoms with van der Waals surface area (Å²) in [5, 5.41) is 0. The third-order valence-corrected chi connectivity index (χ3v) is 2.71. The largest absolute Gasteiger partial charge is 0.388 e. The van der Waals surface area contributed by atoms with Crippen LogP contribution in [0.5, 0.6) is 0 Å². The van der Waals surface area contributed by atoms with Crippen LogP contribution in [-0.2, 0) is 9.47 Å². The second kappa shape index (κ2) is 7.97. The molecule has 0 aliphatic carbocycles. The molecule has 1 rings (SSSR count). The van der Waals surface area contributed by atoms with Crippen LogP contribution in [0.25, 0.3) is 0 Å². The maximum Gasteiger partial charge on any atom is 0.122 e. The van der Waals surface area contributed by atoms with Crippen molar-refractivity contribution in [1.82, 2.24) is 4.98 Å². The van der Waals surface area contributed by atoms with E-state index in [0.29, 0.717) is 23.9 Å². The molecule has 0 bridgehead atoms. The first-order chi connectivity index (χ1) is 8.69. The van der Waals surface area contributed by atoms with Crippen molar-refractivity contribution >= 4 is 22.9 Å². The number of pyridine rings is 1. The van der Waals surface area contributed by atoms with Crippen LogP contribution in [0.4, 0.5) is 5.69 Å². The van der Waals surface area contributed by atoms with E-state index in [2.05, 4.69) is 9.88 Å². The van der Waals surface area contributed by atoms with E-state index < -0.39 is 0 Å². The molecule has 0 unspecified atom stereocenters. The molecule has 1 aromatic heterocycles. The van der Waals surface area contributed by atoms with Gasteiger partial charge in [0.1, 0.15) is 4.99 Å². The van der Waals surface area contributed by atoms with Gasteiger partial charge in [-0.15, -0.1) is 0 Å². The molecule has 0 fully saturated rings. The molecule has 1 heterocycles. The van der Waals surface area contributed by atoms with Crippen LogP contribution in [0.2, 0.25) is 0 Å². The number of hydrogen-bond donors (Lipinski definition) is 1. The van der Waals surface area contributed by atoms with Gasteiger partial charge in [-0.1, -0.05) is 12.2 Å². The van der Waals surface area contributed by atoms with Crippen molar-refractivity contribution in [3.05, 3.63) is 24.0 Å². The van der Waals surface area contributed by atoms with E-state index in [0.717, 1.165) is 18.8 Å². The van der Waals surface area contributed by atoms with E-state index in [9.17, 15) is 0 Å².